The number of hydrogen-bond acceptors (Lipinski definition) is 3. The highest BCUT2D eigenvalue weighted by Crippen LogP contribution is 2.33. The SMILES string of the molecule is CNc1cccc(C)c1COc1cc(C)c(-c2ccccc2C#N)cc1C. The van der Waals surface area contributed by atoms with E-state index in [1.165, 1.54) is 5.56 Å². The van der Waals surface area contributed by atoms with E-state index in [0.29, 0.717) is 12.2 Å². The van der Waals surface area contributed by atoms with Gasteiger partial charge in [0.2, 0.25) is 0 Å². The first-order chi connectivity index (χ1) is 13.0. The van der Waals surface area contributed by atoms with Crippen LogP contribution in [-0.4, -0.2) is 7.05 Å². The molecule has 3 aromatic rings. The Labute approximate surface area is 161 Å². The quantitative estimate of drug-likeness (QED) is 0.631. The van der Waals surface area contributed by atoms with E-state index in [2.05, 4.69) is 49.5 Å². The molecule has 3 aromatic carbocycles. The molecule has 0 heterocycles. The summed E-state index contributed by atoms with van der Waals surface area (Å²) in [5, 5.41) is 12.6. The number of nitrogens with one attached hydrogen (secondary N) is 1. The minimum absolute atomic E-state index is 0.511. The molecule has 0 radical (unpaired) electrons. The lowest BCUT2D eigenvalue weighted by Gasteiger charge is -2.17. The second kappa shape index (κ2) is 7.97. The maximum absolute atomic E-state index is 9.40. The molecule has 0 fully saturated rings. The highest BCUT2D eigenvalue weighted by molar-refractivity contribution is 5.74. The van der Waals surface area contributed by atoms with Crippen LogP contribution < -0.4 is 10.1 Å². The Balaban J connectivity index is 1.92. The minimum Gasteiger partial charge on any atom is -0.489 e. The van der Waals surface area contributed by atoms with Crippen molar-refractivity contribution in [3.8, 4) is 22.9 Å². The lowest BCUT2D eigenvalue weighted by molar-refractivity contribution is 0.304. The molecule has 3 rings (SSSR count). The molecular weight excluding hydrogens is 332 g/mol. The number of aryl methyl sites for hydroxylation is 3. The van der Waals surface area contributed by atoms with Crippen LogP contribution in [0.25, 0.3) is 11.1 Å². The van der Waals surface area contributed by atoms with Crippen LogP contribution in [0.2, 0.25) is 0 Å². The van der Waals surface area contributed by atoms with Gasteiger partial charge in [-0.05, 0) is 72.9 Å². The van der Waals surface area contributed by atoms with Gasteiger partial charge in [0.1, 0.15) is 12.4 Å². The van der Waals surface area contributed by atoms with Gasteiger partial charge in [0.25, 0.3) is 0 Å². The average molecular weight is 356 g/mol. The minimum atomic E-state index is 0.511. The normalized spacial score (nSPS) is 10.3. The predicted octanol–water partition coefficient (Wildman–Crippen LogP) is 5.77. The van der Waals surface area contributed by atoms with Crippen molar-refractivity contribution in [3.63, 3.8) is 0 Å². The van der Waals surface area contributed by atoms with Gasteiger partial charge < -0.3 is 10.1 Å². The molecule has 3 heteroatoms. The van der Waals surface area contributed by atoms with Crippen LogP contribution in [0, 0.1) is 32.1 Å². The molecule has 3 nitrogen and oxygen atoms in total. The topological polar surface area (TPSA) is 45.0 Å². The lowest BCUT2D eigenvalue weighted by Crippen LogP contribution is -2.04. The number of hydrogen-bond donors (Lipinski definition) is 1. The summed E-state index contributed by atoms with van der Waals surface area (Å²) in [6.07, 6.45) is 0. The third-order valence-corrected chi connectivity index (χ3v) is 4.91. The number of benzene rings is 3. The summed E-state index contributed by atoms with van der Waals surface area (Å²) < 4.78 is 6.17. The zero-order chi connectivity index (χ0) is 19.4. The fourth-order valence-corrected chi connectivity index (χ4v) is 3.33. The summed E-state index contributed by atoms with van der Waals surface area (Å²) in [7, 11) is 1.93. The third-order valence-electron chi connectivity index (χ3n) is 4.91. The standard InChI is InChI=1S/C24H24N2O/c1-16-8-7-11-23(26-4)22(16)15-27-24-13-17(2)21(12-18(24)3)20-10-6-5-9-19(20)14-25/h5-13,26H,15H2,1-4H3. The maximum Gasteiger partial charge on any atom is 0.123 e. The first kappa shape index (κ1) is 18.5. The van der Waals surface area contributed by atoms with Gasteiger partial charge in [0.05, 0.1) is 11.6 Å². The van der Waals surface area contributed by atoms with Crippen molar-refractivity contribution in [2.45, 2.75) is 27.4 Å². The van der Waals surface area contributed by atoms with Gasteiger partial charge in [-0.1, -0.05) is 30.3 Å². The van der Waals surface area contributed by atoms with Crippen molar-refractivity contribution in [1.29, 1.82) is 5.26 Å². The number of nitriles is 1. The molecule has 0 unspecified atom stereocenters. The van der Waals surface area contributed by atoms with Gasteiger partial charge in [-0.2, -0.15) is 5.26 Å². The van der Waals surface area contributed by atoms with Crippen LogP contribution in [0.4, 0.5) is 5.69 Å². The first-order valence-corrected chi connectivity index (χ1v) is 9.05. The molecule has 0 aliphatic rings. The molecular formula is C24H24N2O. The zero-order valence-electron chi connectivity index (χ0n) is 16.3. The van der Waals surface area contributed by atoms with E-state index in [0.717, 1.165) is 39.3 Å². The fourth-order valence-electron chi connectivity index (χ4n) is 3.33. The van der Waals surface area contributed by atoms with Gasteiger partial charge in [-0.3, -0.25) is 0 Å². The van der Waals surface area contributed by atoms with Gasteiger partial charge >= 0.3 is 0 Å². The Morgan fingerprint density at radius 1 is 0.889 bits per heavy atom. The number of anilines is 1. The van der Waals surface area contributed by atoms with E-state index in [1.807, 2.05) is 44.3 Å². The Kier molecular flexibility index (Phi) is 5.47. The molecule has 0 saturated carbocycles. The molecule has 0 bridgehead atoms. The highest BCUT2D eigenvalue weighted by atomic mass is 16.5. The molecule has 0 spiro atoms. The largest absolute Gasteiger partial charge is 0.489 e. The second-order valence-corrected chi connectivity index (χ2v) is 6.73. The van der Waals surface area contributed by atoms with Gasteiger partial charge in [0.15, 0.2) is 0 Å². The monoisotopic (exact) mass is 356 g/mol. The highest BCUT2D eigenvalue weighted by Gasteiger charge is 2.12. The molecule has 0 amide bonds. The van der Waals surface area contributed by atoms with E-state index in [4.69, 9.17) is 4.74 Å². The third kappa shape index (κ3) is 3.80. The molecule has 136 valence electrons. The molecule has 0 aliphatic heterocycles. The number of rotatable bonds is 5. The first-order valence-electron chi connectivity index (χ1n) is 9.05. The molecule has 0 aliphatic carbocycles. The van der Waals surface area contributed by atoms with Crippen LogP contribution in [-0.2, 0) is 6.61 Å². The van der Waals surface area contributed by atoms with Gasteiger partial charge in [-0.15, -0.1) is 0 Å². The van der Waals surface area contributed by atoms with E-state index in [-0.39, 0.29) is 0 Å². The van der Waals surface area contributed by atoms with Crippen molar-refractivity contribution in [2.75, 3.05) is 12.4 Å². The van der Waals surface area contributed by atoms with Crippen molar-refractivity contribution < 1.29 is 4.74 Å². The van der Waals surface area contributed by atoms with Crippen LogP contribution in [0.5, 0.6) is 5.75 Å². The number of ether oxygens (including phenoxy) is 1. The van der Waals surface area contributed by atoms with Crippen LogP contribution in [0.3, 0.4) is 0 Å². The van der Waals surface area contributed by atoms with Crippen molar-refractivity contribution in [3.05, 3.63) is 82.4 Å². The lowest BCUT2D eigenvalue weighted by atomic mass is 9.94. The van der Waals surface area contributed by atoms with E-state index < -0.39 is 0 Å². The second-order valence-electron chi connectivity index (χ2n) is 6.73. The summed E-state index contributed by atoms with van der Waals surface area (Å²) in [5.74, 6) is 0.871. The zero-order valence-corrected chi connectivity index (χ0v) is 16.3. The Morgan fingerprint density at radius 3 is 2.41 bits per heavy atom. The fraction of sp³-hybridized carbons (Fsp3) is 0.208. The molecule has 0 saturated heterocycles. The summed E-state index contributed by atoms with van der Waals surface area (Å²) >= 11 is 0. The molecule has 27 heavy (non-hydrogen) atoms. The smallest absolute Gasteiger partial charge is 0.123 e. The van der Waals surface area contributed by atoms with Crippen molar-refractivity contribution in [2.24, 2.45) is 0 Å². The van der Waals surface area contributed by atoms with E-state index in [1.54, 1.807) is 0 Å². The van der Waals surface area contributed by atoms with Crippen LogP contribution in [0.15, 0.2) is 54.6 Å². The summed E-state index contributed by atoms with van der Waals surface area (Å²) in [4.78, 5) is 0. The molecule has 1 N–H and O–H groups in total. The van der Waals surface area contributed by atoms with E-state index in [9.17, 15) is 5.26 Å². The van der Waals surface area contributed by atoms with Crippen molar-refractivity contribution >= 4 is 5.69 Å². The molecule has 0 aromatic heterocycles. The summed E-state index contributed by atoms with van der Waals surface area (Å²) in [6.45, 7) is 6.71. The summed E-state index contributed by atoms with van der Waals surface area (Å²) in [6, 6.07) is 20.4. The Hall–Kier alpha value is -3.25. The predicted molar refractivity (Wildman–Crippen MR) is 111 cm³/mol. The van der Waals surface area contributed by atoms with E-state index >= 15 is 0 Å². The van der Waals surface area contributed by atoms with Crippen LogP contribution in [0.1, 0.15) is 27.8 Å². The van der Waals surface area contributed by atoms with Crippen LogP contribution >= 0.6 is 0 Å². The Bertz CT molecular complexity index is 1020. The van der Waals surface area contributed by atoms with Gasteiger partial charge in [0, 0.05) is 18.3 Å². The molecule has 0 atom stereocenters. The van der Waals surface area contributed by atoms with Gasteiger partial charge in [-0.25, -0.2) is 0 Å². The Morgan fingerprint density at radius 2 is 1.67 bits per heavy atom. The summed E-state index contributed by atoms with van der Waals surface area (Å²) in [5.41, 5.74) is 8.33. The average Bonchev–Trinajstić information content (AvgIpc) is 2.68. The number of nitrogens with zero attached hydrogens (tertiary/aromatic N) is 1. The van der Waals surface area contributed by atoms with Crippen molar-refractivity contribution in [1.82, 2.24) is 0 Å². The maximum atomic E-state index is 9.40.